The Morgan fingerprint density at radius 1 is 1.28 bits per heavy atom. The van der Waals surface area contributed by atoms with Gasteiger partial charge in [0.1, 0.15) is 0 Å². The number of anilines is 1. The molecule has 1 aromatic carbocycles. The fraction of sp³-hybridized carbons (Fsp3) is 0.500. The number of carbonyl (C=O) groups is 1. The van der Waals surface area contributed by atoms with E-state index in [2.05, 4.69) is 21.2 Å². The summed E-state index contributed by atoms with van der Waals surface area (Å²) in [6, 6.07) is 1.98. The van der Waals surface area contributed by atoms with Gasteiger partial charge >= 0.3 is 0 Å². The van der Waals surface area contributed by atoms with Crippen LogP contribution < -0.4 is 5.32 Å². The van der Waals surface area contributed by atoms with Gasteiger partial charge in [-0.2, -0.15) is 0 Å². The normalized spacial score (nSPS) is 20.3. The number of hydrogen-bond donors (Lipinski definition) is 1. The van der Waals surface area contributed by atoms with Gasteiger partial charge in [-0.3, -0.25) is 4.79 Å². The van der Waals surface area contributed by atoms with E-state index < -0.39 is 11.0 Å². The van der Waals surface area contributed by atoms with E-state index in [4.69, 9.17) is 11.6 Å². The van der Waals surface area contributed by atoms with Crippen LogP contribution in [0.4, 0.5) is 5.69 Å². The first-order valence-corrected chi connectivity index (χ1v) is 7.08. The Balaban J connectivity index is 2.84. The maximum absolute atomic E-state index is 12.6. The van der Waals surface area contributed by atoms with E-state index in [0.717, 1.165) is 21.3 Å². The van der Waals surface area contributed by atoms with Crippen LogP contribution in [-0.2, 0) is 10.2 Å². The highest BCUT2D eigenvalue weighted by Gasteiger charge is 2.47. The number of ketones is 1. The largest absolute Gasteiger partial charge is 0.373 e. The van der Waals surface area contributed by atoms with Gasteiger partial charge in [-0.25, -0.2) is 0 Å². The van der Waals surface area contributed by atoms with Crippen molar-refractivity contribution in [2.75, 3.05) is 5.32 Å². The lowest BCUT2D eigenvalue weighted by Crippen LogP contribution is -2.53. The van der Waals surface area contributed by atoms with Crippen molar-refractivity contribution in [3.8, 4) is 0 Å². The molecule has 0 aliphatic carbocycles. The van der Waals surface area contributed by atoms with Crippen LogP contribution in [-0.4, -0.2) is 11.3 Å². The molecule has 0 saturated carbocycles. The second-order valence-corrected chi connectivity index (χ2v) is 7.18. The fourth-order valence-electron chi connectivity index (χ4n) is 2.76. The van der Waals surface area contributed by atoms with Crippen LogP contribution in [0.1, 0.15) is 38.8 Å². The molecule has 4 heteroatoms. The quantitative estimate of drug-likeness (QED) is 0.761. The summed E-state index contributed by atoms with van der Waals surface area (Å²) in [6.45, 7) is 9.72. The minimum atomic E-state index is -0.588. The Labute approximate surface area is 121 Å². The number of carbonyl (C=O) groups excluding carboxylic acids is 1. The van der Waals surface area contributed by atoms with Crippen LogP contribution >= 0.6 is 27.5 Å². The maximum atomic E-state index is 12.6. The summed E-state index contributed by atoms with van der Waals surface area (Å²) in [7, 11) is 0. The monoisotopic (exact) mass is 329 g/mol. The van der Waals surface area contributed by atoms with Gasteiger partial charge in [-0.05, 0) is 62.2 Å². The molecule has 0 unspecified atom stereocenters. The van der Waals surface area contributed by atoms with E-state index >= 15 is 0 Å². The Morgan fingerprint density at radius 2 is 1.83 bits per heavy atom. The lowest BCUT2D eigenvalue weighted by molar-refractivity contribution is -0.127. The fourth-order valence-corrected chi connectivity index (χ4v) is 3.69. The number of rotatable bonds is 0. The molecule has 2 nitrogen and oxygen atoms in total. The van der Waals surface area contributed by atoms with E-state index in [0.29, 0.717) is 5.02 Å². The summed E-state index contributed by atoms with van der Waals surface area (Å²) in [5.74, 6) is 0.155. The highest BCUT2D eigenvalue weighted by Crippen LogP contribution is 2.47. The molecule has 98 valence electrons. The number of fused-ring (bicyclic) bond motifs is 1. The summed E-state index contributed by atoms with van der Waals surface area (Å²) in [5, 5.41) is 3.95. The van der Waals surface area contributed by atoms with Crippen molar-refractivity contribution in [1.29, 1.82) is 0 Å². The zero-order valence-electron chi connectivity index (χ0n) is 11.2. The molecule has 18 heavy (non-hydrogen) atoms. The molecule has 0 radical (unpaired) electrons. The van der Waals surface area contributed by atoms with E-state index in [1.54, 1.807) is 0 Å². The van der Waals surface area contributed by atoms with Crippen LogP contribution in [0.25, 0.3) is 0 Å². The highest BCUT2D eigenvalue weighted by molar-refractivity contribution is 9.10. The molecule has 0 amide bonds. The third-order valence-corrected chi connectivity index (χ3v) is 4.86. The van der Waals surface area contributed by atoms with E-state index in [1.165, 1.54) is 0 Å². The average Bonchev–Trinajstić information content (AvgIpc) is 2.22. The Bertz CT molecular complexity index is 549. The van der Waals surface area contributed by atoms with Crippen molar-refractivity contribution in [2.45, 2.75) is 45.6 Å². The van der Waals surface area contributed by atoms with Gasteiger partial charge in [0.15, 0.2) is 5.78 Å². The van der Waals surface area contributed by atoms with Gasteiger partial charge in [-0.1, -0.05) is 11.6 Å². The number of nitrogens with one attached hydrogen (secondary N) is 1. The molecule has 1 aliphatic rings. The molecule has 0 spiro atoms. The molecular weight excluding hydrogens is 314 g/mol. The van der Waals surface area contributed by atoms with Crippen LogP contribution in [0.5, 0.6) is 0 Å². The first-order chi connectivity index (χ1) is 8.09. The van der Waals surface area contributed by atoms with Crippen LogP contribution in [0.2, 0.25) is 5.02 Å². The summed E-state index contributed by atoms with van der Waals surface area (Å²) < 4.78 is 0.836. The zero-order valence-corrected chi connectivity index (χ0v) is 13.6. The van der Waals surface area contributed by atoms with Crippen molar-refractivity contribution in [2.24, 2.45) is 0 Å². The van der Waals surface area contributed by atoms with E-state index in [-0.39, 0.29) is 5.78 Å². The predicted molar refractivity (Wildman–Crippen MR) is 79.6 cm³/mol. The maximum Gasteiger partial charge on any atom is 0.167 e. The molecule has 2 rings (SSSR count). The molecule has 0 saturated heterocycles. The van der Waals surface area contributed by atoms with Crippen molar-refractivity contribution in [3.05, 3.63) is 26.7 Å². The summed E-state index contributed by atoms with van der Waals surface area (Å²) in [4.78, 5) is 12.6. The van der Waals surface area contributed by atoms with E-state index in [9.17, 15) is 4.79 Å². The van der Waals surface area contributed by atoms with Gasteiger partial charge < -0.3 is 5.32 Å². The molecule has 0 fully saturated rings. The van der Waals surface area contributed by atoms with Gasteiger partial charge in [0.2, 0.25) is 0 Å². The van der Waals surface area contributed by atoms with Crippen molar-refractivity contribution >= 4 is 39.0 Å². The lowest BCUT2D eigenvalue weighted by atomic mass is 9.69. The van der Waals surface area contributed by atoms with Gasteiger partial charge in [0, 0.05) is 15.7 Å². The van der Waals surface area contributed by atoms with Crippen LogP contribution in [0.3, 0.4) is 0 Å². The Morgan fingerprint density at radius 3 is 2.39 bits per heavy atom. The third kappa shape index (κ3) is 1.79. The molecule has 0 aromatic heterocycles. The third-order valence-electron chi connectivity index (χ3n) is 3.61. The molecule has 1 aliphatic heterocycles. The minimum Gasteiger partial charge on any atom is -0.373 e. The van der Waals surface area contributed by atoms with Crippen molar-refractivity contribution in [1.82, 2.24) is 0 Å². The average molecular weight is 331 g/mol. The van der Waals surface area contributed by atoms with Crippen molar-refractivity contribution in [3.63, 3.8) is 0 Å². The molecular formula is C14H17BrClNO. The minimum absolute atomic E-state index is 0.155. The zero-order chi connectivity index (χ0) is 13.9. The summed E-state index contributed by atoms with van der Waals surface area (Å²) in [6.07, 6.45) is 0. The molecule has 1 aromatic rings. The van der Waals surface area contributed by atoms with Crippen LogP contribution in [0.15, 0.2) is 10.5 Å². The van der Waals surface area contributed by atoms with E-state index in [1.807, 2.05) is 40.7 Å². The first-order valence-electron chi connectivity index (χ1n) is 5.91. The van der Waals surface area contributed by atoms with Crippen molar-refractivity contribution < 1.29 is 4.79 Å². The predicted octanol–water partition coefficient (Wildman–Crippen LogP) is 4.46. The Hall–Kier alpha value is -0.540. The Kier molecular flexibility index (Phi) is 3.07. The van der Waals surface area contributed by atoms with Gasteiger partial charge in [0.05, 0.1) is 16.0 Å². The van der Waals surface area contributed by atoms with Crippen LogP contribution in [0, 0.1) is 6.92 Å². The molecule has 0 bridgehead atoms. The molecule has 0 atom stereocenters. The number of benzene rings is 1. The topological polar surface area (TPSA) is 29.1 Å². The highest BCUT2D eigenvalue weighted by atomic mass is 79.9. The first kappa shape index (κ1) is 13.9. The standard InChI is InChI=1S/C14H17BrClNO/c1-7-6-8(15)10(16)9-11(7)17-14(4,5)12(18)13(9,2)3/h6,17H,1-5H3. The number of Topliss-reactive ketones (excluding diaryl/α,β-unsaturated/α-hetero) is 1. The lowest BCUT2D eigenvalue weighted by Gasteiger charge is -2.43. The second-order valence-electron chi connectivity index (χ2n) is 5.94. The number of hydrogen-bond acceptors (Lipinski definition) is 2. The second kappa shape index (κ2) is 3.97. The summed E-state index contributed by atoms with van der Waals surface area (Å²) in [5.41, 5.74) is 1.81. The summed E-state index contributed by atoms with van der Waals surface area (Å²) >= 11 is 9.84. The number of halogens is 2. The molecule has 1 N–H and O–H groups in total. The van der Waals surface area contributed by atoms with Gasteiger partial charge in [0.25, 0.3) is 0 Å². The smallest absolute Gasteiger partial charge is 0.167 e. The van der Waals surface area contributed by atoms with Gasteiger partial charge in [-0.15, -0.1) is 0 Å². The SMILES string of the molecule is Cc1cc(Br)c(Cl)c2c1NC(C)(C)C(=O)C2(C)C. The molecule has 1 heterocycles. The number of aryl methyl sites for hydroxylation is 1.